The Morgan fingerprint density at radius 2 is 1.63 bits per heavy atom. The Kier molecular flexibility index (Phi) is 8.31. The fourth-order valence-electron chi connectivity index (χ4n) is 5.50. The molecule has 2 aliphatic heterocycles. The summed E-state index contributed by atoms with van der Waals surface area (Å²) in [6, 6.07) is 12.7. The van der Waals surface area contributed by atoms with Gasteiger partial charge in [0.2, 0.25) is 11.8 Å². The summed E-state index contributed by atoms with van der Waals surface area (Å²) in [6.07, 6.45) is 0.657. The molecule has 204 valence electrons. The van der Waals surface area contributed by atoms with E-state index in [0.29, 0.717) is 44.0 Å². The predicted molar refractivity (Wildman–Crippen MR) is 144 cm³/mol. The van der Waals surface area contributed by atoms with Crippen LogP contribution in [0, 0.1) is 17.7 Å². The predicted octanol–water partition coefficient (Wildman–Crippen LogP) is 5.19. The molecule has 2 heterocycles. The van der Waals surface area contributed by atoms with Crippen LogP contribution in [-0.2, 0) is 9.59 Å². The van der Waals surface area contributed by atoms with Crippen molar-refractivity contribution in [2.75, 3.05) is 33.2 Å². The minimum atomic E-state index is -0.769. The molecule has 0 aliphatic carbocycles. The van der Waals surface area contributed by atoms with Crippen LogP contribution in [0.4, 0.5) is 9.18 Å². The average Bonchev–Trinajstić information content (AvgIpc) is 3.27. The monoisotopic (exact) mass is 543 g/mol. The third-order valence-electron chi connectivity index (χ3n) is 7.96. The molecule has 38 heavy (non-hydrogen) atoms. The van der Waals surface area contributed by atoms with E-state index in [4.69, 9.17) is 16.3 Å². The van der Waals surface area contributed by atoms with Gasteiger partial charge in [-0.2, -0.15) is 0 Å². The summed E-state index contributed by atoms with van der Waals surface area (Å²) in [7, 11) is 1.67. The zero-order valence-electron chi connectivity index (χ0n) is 22.3. The molecule has 0 saturated carbocycles. The molecule has 2 aromatic carbocycles. The molecule has 2 fully saturated rings. The van der Waals surface area contributed by atoms with E-state index in [2.05, 4.69) is 0 Å². The van der Waals surface area contributed by atoms with E-state index in [0.717, 1.165) is 5.56 Å². The van der Waals surface area contributed by atoms with Crippen molar-refractivity contribution in [3.63, 3.8) is 0 Å². The Morgan fingerprint density at radius 1 is 1.03 bits per heavy atom. The average molecular weight is 544 g/mol. The lowest BCUT2D eigenvalue weighted by Crippen LogP contribution is -2.53. The van der Waals surface area contributed by atoms with Crippen LogP contribution in [0.25, 0.3) is 0 Å². The Hall–Kier alpha value is -3.13. The summed E-state index contributed by atoms with van der Waals surface area (Å²) in [4.78, 5) is 44.5. The number of hydrogen-bond acceptors (Lipinski definition) is 4. The number of likely N-dealkylation sites (tertiary alicyclic amines) is 2. The van der Waals surface area contributed by atoms with Gasteiger partial charge in [-0.05, 0) is 61.7 Å². The lowest BCUT2D eigenvalue weighted by atomic mass is 9.82. The summed E-state index contributed by atoms with van der Waals surface area (Å²) in [5.74, 6) is -0.431. The smallest absolute Gasteiger partial charge is 0.410 e. The molecule has 4 rings (SSSR count). The molecule has 0 aromatic heterocycles. The van der Waals surface area contributed by atoms with Crippen LogP contribution in [0.5, 0.6) is 5.75 Å². The lowest BCUT2D eigenvalue weighted by molar-refractivity contribution is -0.141. The van der Waals surface area contributed by atoms with E-state index in [1.807, 2.05) is 42.7 Å². The van der Waals surface area contributed by atoms with Gasteiger partial charge in [0, 0.05) is 56.0 Å². The van der Waals surface area contributed by atoms with Gasteiger partial charge in [0.1, 0.15) is 11.6 Å². The third-order valence-corrected chi connectivity index (χ3v) is 8.21. The molecule has 2 aliphatic rings. The Morgan fingerprint density at radius 3 is 2.21 bits per heavy atom. The molecule has 0 unspecified atom stereocenters. The first kappa shape index (κ1) is 27.9. The lowest BCUT2D eigenvalue weighted by Gasteiger charge is -2.39. The van der Waals surface area contributed by atoms with Crippen LogP contribution in [0.15, 0.2) is 48.5 Å². The second-order valence-corrected chi connectivity index (χ2v) is 11.3. The summed E-state index contributed by atoms with van der Waals surface area (Å²) in [6.45, 7) is 7.65. The van der Waals surface area contributed by atoms with Gasteiger partial charge in [-0.25, -0.2) is 9.18 Å². The molecule has 0 N–H and O–H groups in total. The summed E-state index contributed by atoms with van der Waals surface area (Å²) in [5.41, 5.74) is 0.195. The molecule has 2 atom stereocenters. The van der Waals surface area contributed by atoms with E-state index in [9.17, 15) is 18.8 Å². The van der Waals surface area contributed by atoms with Crippen molar-refractivity contribution in [3.8, 4) is 5.75 Å². The number of nitrogens with zero attached hydrogens (tertiary/aromatic N) is 3. The van der Waals surface area contributed by atoms with Crippen LogP contribution in [0.2, 0.25) is 5.02 Å². The molecule has 2 aromatic rings. The van der Waals surface area contributed by atoms with Crippen molar-refractivity contribution >= 4 is 29.5 Å². The van der Waals surface area contributed by atoms with Crippen LogP contribution in [-0.4, -0.2) is 71.4 Å². The van der Waals surface area contributed by atoms with Crippen LogP contribution >= 0.6 is 11.6 Å². The first-order chi connectivity index (χ1) is 18.0. The van der Waals surface area contributed by atoms with Crippen molar-refractivity contribution in [2.45, 2.75) is 45.1 Å². The summed E-state index contributed by atoms with van der Waals surface area (Å²) in [5, 5.41) is 0.605. The summed E-state index contributed by atoms with van der Waals surface area (Å²) < 4.78 is 18.8. The number of rotatable bonds is 5. The Balaban J connectivity index is 1.53. The highest BCUT2D eigenvalue weighted by molar-refractivity contribution is 6.30. The zero-order chi connectivity index (χ0) is 27.6. The number of ether oxygens (including phenoxy) is 1. The molecule has 0 spiro atoms. The van der Waals surface area contributed by atoms with E-state index >= 15 is 0 Å². The zero-order valence-corrected chi connectivity index (χ0v) is 23.1. The molecule has 0 bridgehead atoms. The van der Waals surface area contributed by atoms with Crippen molar-refractivity contribution in [1.29, 1.82) is 0 Å². The maximum Gasteiger partial charge on any atom is 0.415 e. The van der Waals surface area contributed by atoms with E-state index in [1.165, 1.54) is 29.2 Å². The standard InChI is InChI=1S/C29H35ClFN3O4/c1-19(2)26(35)33-15-13-21(14-16-33)27(36)34-17-25(20-5-7-22(30)8-6-20)29(3,18-34)32(4)28(37)38-24-11-9-23(31)10-12-24/h5-12,19,21,25H,13-18H2,1-4H3/t25-,29+/m1/s1. The quantitative estimate of drug-likeness (QED) is 0.520. The highest BCUT2D eigenvalue weighted by atomic mass is 35.5. The van der Waals surface area contributed by atoms with Gasteiger partial charge in [0.15, 0.2) is 0 Å². The Bertz CT molecular complexity index is 1170. The van der Waals surface area contributed by atoms with Gasteiger partial charge in [-0.15, -0.1) is 0 Å². The van der Waals surface area contributed by atoms with Gasteiger partial charge >= 0.3 is 6.09 Å². The Labute approximate surface area is 228 Å². The minimum absolute atomic E-state index is 0.0460. The highest BCUT2D eigenvalue weighted by Crippen LogP contribution is 2.41. The highest BCUT2D eigenvalue weighted by Gasteiger charge is 2.51. The first-order valence-electron chi connectivity index (χ1n) is 13.0. The van der Waals surface area contributed by atoms with E-state index < -0.39 is 17.4 Å². The molecular weight excluding hydrogens is 509 g/mol. The topological polar surface area (TPSA) is 70.2 Å². The van der Waals surface area contributed by atoms with Gasteiger partial charge in [0.05, 0.1) is 5.54 Å². The van der Waals surface area contributed by atoms with Crippen molar-refractivity contribution in [2.24, 2.45) is 11.8 Å². The SMILES string of the molecule is CC(C)C(=O)N1CCC(C(=O)N2C[C@H](c3ccc(Cl)cc3)[C@@](C)(N(C)C(=O)Oc3ccc(F)cc3)C2)CC1. The fourth-order valence-corrected chi connectivity index (χ4v) is 5.62. The molecule has 9 heteroatoms. The van der Waals surface area contributed by atoms with Crippen LogP contribution < -0.4 is 4.74 Å². The van der Waals surface area contributed by atoms with E-state index in [1.54, 1.807) is 19.2 Å². The molecule has 0 radical (unpaired) electrons. The second-order valence-electron chi connectivity index (χ2n) is 10.8. The number of piperidine rings is 1. The van der Waals surface area contributed by atoms with Gasteiger partial charge < -0.3 is 19.4 Å². The number of halogens is 2. The number of carbonyl (C=O) groups is 3. The minimum Gasteiger partial charge on any atom is -0.410 e. The maximum absolute atomic E-state index is 13.7. The maximum atomic E-state index is 13.7. The van der Waals surface area contributed by atoms with Crippen molar-refractivity contribution in [1.82, 2.24) is 14.7 Å². The van der Waals surface area contributed by atoms with E-state index in [-0.39, 0.29) is 35.3 Å². The number of hydrogen-bond donors (Lipinski definition) is 0. The van der Waals surface area contributed by atoms with Crippen molar-refractivity contribution < 1.29 is 23.5 Å². The largest absolute Gasteiger partial charge is 0.415 e. The normalized spacial score (nSPS) is 22.0. The molecular formula is C29H35ClFN3O4. The number of carbonyl (C=O) groups excluding carboxylic acids is 3. The van der Waals surface area contributed by atoms with Crippen LogP contribution in [0.3, 0.4) is 0 Å². The third kappa shape index (κ3) is 5.80. The molecule has 7 nitrogen and oxygen atoms in total. The summed E-state index contributed by atoms with van der Waals surface area (Å²) >= 11 is 6.13. The van der Waals surface area contributed by atoms with Gasteiger partial charge in [-0.3, -0.25) is 9.59 Å². The molecule has 2 saturated heterocycles. The number of likely N-dealkylation sites (N-methyl/N-ethyl adjacent to an activating group) is 1. The fraction of sp³-hybridized carbons (Fsp3) is 0.483. The molecule has 3 amide bonds. The van der Waals surface area contributed by atoms with Crippen molar-refractivity contribution in [3.05, 3.63) is 64.9 Å². The first-order valence-corrected chi connectivity index (χ1v) is 13.4. The van der Waals surface area contributed by atoms with Gasteiger partial charge in [-0.1, -0.05) is 37.6 Å². The van der Waals surface area contributed by atoms with Gasteiger partial charge in [0.25, 0.3) is 0 Å². The van der Waals surface area contributed by atoms with Crippen LogP contribution in [0.1, 0.15) is 45.1 Å². The number of benzene rings is 2. The number of amides is 3. The second kappa shape index (κ2) is 11.3.